The van der Waals surface area contributed by atoms with E-state index in [0.29, 0.717) is 16.7 Å². The van der Waals surface area contributed by atoms with Crippen molar-refractivity contribution in [3.05, 3.63) is 39.9 Å². The van der Waals surface area contributed by atoms with E-state index in [1.54, 1.807) is 31.2 Å². The first-order valence-corrected chi connectivity index (χ1v) is 5.67. The molecular formula is C12H12Cl2O2. The first-order valence-electron chi connectivity index (χ1n) is 4.91. The van der Waals surface area contributed by atoms with Crippen molar-refractivity contribution >= 4 is 35.2 Å². The molecule has 0 saturated carbocycles. The van der Waals surface area contributed by atoms with Crippen molar-refractivity contribution < 1.29 is 9.53 Å². The summed E-state index contributed by atoms with van der Waals surface area (Å²) in [6.07, 6.45) is 3.69. The molecule has 0 fully saturated rings. The predicted octanol–water partition coefficient (Wildman–Crippen LogP) is 3.96. The third-order valence-corrected chi connectivity index (χ3v) is 2.70. The molecule has 0 aliphatic heterocycles. The molecule has 86 valence electrons. The highest BCUT2D eigenvalue weighted by Crippen LogP contribution is 2.26. The van der Waals surface area contributed by atoms with Gasteiger partial charge < -0.3 is 4.74 Å². The van der Waals surface area contributed by atoms with Crippen molar-refractivity contribution in [1.82, 2.24) is 0 Å². The molecule has 0 spiro atoms. The lowest BCUT2D eigenvalue weighted by molar-refractivity contribution is -0.142. The third kappa shape index (κ3) is 3.87. The summed E-state index contributed by atoms with van der Waals surface area (Å²) in [6.45, 7) is 2.17. The van der Waals surface area contributed by atoms with Gasteiger partial charge in [-0.2, -0.15) is 0 Å². The van der Waals surface area contributed by atoms with Crippen LogP contribution in [0.3, 0.4) is 0 Å². The molecule has 4 heteroatoms. The number of carbonyl (C=O) groups is 1. The molecule has 0 aliphatic rings. The van der Waals surface area contributed by atoms with Gasteiger partial charge in [-0.05, 0) is 18.6 Å². The Kier molecular flexibility index (Phi) is 5.36. The van der Waals surface area contributed by atoms with E-state index in [0.717, 1.165) is 5.56 Å². The first kappa shape index (κ1) is 13.1. The van der Waals surface area contributed by atoms with E-state index >= 15 is 0 Å². The van der Waals surface area contributed by atoms with Crippen LogP contribution in [0.2, 0.25) is 10.0 Å². The number of esters is 1. The Hall–Kier alpha value is -0.990. The van der Waals surface area contributed by atoms with Gasteiger partial charge in [-0.15, -0.1) is 0 Å². The van der Waals surface area contributed by atoms with E-state index in [1.807, 2.05) is 6.07 Å². The minimum absolute atomic E-state index is 0.233. The molecule has 0 amide bonds. The Labute approximate surface area is 105 Å². The second kappa shape index (κ2) is 6.56. The van der Waals surface area contributed by atoms with E-state index in [2.05, 4.69) is 0 Å². The minimum atomic E-state index is -0.253. The van der Waals surface area contributed by atoms with Gasteiger partial charge >= 0.3 is 5.97 Å². The van der Waals surface area contributed by atoms with Gasteiger partial charge in [0.1, 0.15) is 0 Å². The second-order valence-electron chi connectivity index (χ2n) is 3.05. The molecule has 16 heavy (non-hydrogen) atoms. The smallest absolute Gasteiger partial charge is 0.309 e. The Morgan fingerprint density at radius 1 is 1.44 bits per heavy atom. The molecule has 1 aromatic carbocycles. The maximum Gasteiger partial charge on any atom is 0.309 e. The van der Waals surface area contributed by atoms with Crippen molar-refractivity contribution in [2.45, 2.75) is 13.3 Å². The van der Waals surface area contributed by atoms with Gasteiger partial charge in [-0.25, -0.2) is 0 Å². The average molecular weight is 259 g/mol. The molecule has 0 bridgehead atoms. The first-order chi connectivity index (χ1) is 7.65. The highest BCUT2D eigenvalue weighted by atomic mass is 35.5. The molecule has 1 rings (SSSR count). The fourth-order valence-electron chi connectivity index (χ4n) is 1.15. The van der Waals surface area contributed by atoms with Crippen molar-refractivity contribution in [2.75, 3.05) is 6.61 Å². The van der Waals surface area contributed by atoms with Gasteiger partial charge in [-0.3, -0.25) is 4.79 Å². The monoisotopic (exact) mass is 258 g/mol. The van der Waals surface area contributed by atoms with E-state index in [9.17, 15) is 4.79 Å². The summed E-state index contributed by atoms with van der Waals surface area (Å²) in [5.74, 6) is -0.253. The zero-order valence-corrected chi connectivity index (χ0v) is 10.4. The van der Waals surface area contributed by atoms with Crippen LogP contribution in [-0.2, 0) is 9.53 Å². The van der Waals surface area contributed by atoms with Crippen molar-refractivity contribution in [1.29, 1.82) is 0 Å². The molecular weight excluding hydrogens is 247 g/mol. The van der Waals surface area contributed by atoms with Gasteiger partial charge in [-0.1, -0.05) is 47.5 Å². The Morgan fingerprint density at radius 3 is 2.88 bits per heavy atom. The average Bonchev–Trinajstić information content (AvgIpc) is 2.25. The lowest BCUT2D eigenvalue weighted by Crippen LogP contribution is -2.01. The molecule has 0 aromatic heterocycles. The van der Waals surface area contributed by atoms with E-state index < -0.39 is 0 Å². The van der Waals surface area contributed by atoms with Gasteiger partial charge in [0.25, 0.3) is 0 Å². The molecule has 0 saturated heterocycles. The number of carbonyl (C=O) groups excluding carboxylic acids is 1. The lowest BCUT2D eigenvalue weighted by atomic mass is 10.2. The molecule has 0 N–H and O–H groups in total. The molecule has 0 unspecified atom stereocenters. The molecule has 1 aromatic rings. The van der Waals surface area contributed by atoms with Crippen molar-refractivity contribution in [2.24, 2.45) is 0 Å². The predicted molar refractivity (Wildman–Crippen MR) is 66.7 cm³/mol. The molecule has 0 heterocycles. The number of hydrogen-bond acceptors (Lipinski definition) is 2. The summed E-state index contributed by atoms with van der Waals surface area (Å²) in [5, 5.41) is 0.990. The van der Waals surface area contributed by atoms with Crippen molar-refractivity contribution in [3.8, 4) is 0 Å². The SMILES string of the molecule is CCOC(=O)CC=Cc1cccc(Cl)c1Cl. The Bertz CT molecular complexity index is 400. The number of ether oxygens (including phenoxy) is 1. The normalized spacial score (nSPS) is 10.7. The van der Waals surface area contributed by atoms with Crippen LogP contribution in [0.5, 0.6) is 0 Å². The summed E-state index contributed by atoms with van der Waals surface area (Å²) >= 11 is 11.8. The van der Waals surface area contributed by atoms with Gasteiger partial charge in [0.2, 0.25) is 0 Å². The zero-order chi connectivity index (χ0) is 12.0. The van der Waals surface area contributed by atoms with Crippen LogP contribution < -0.4 is 0 Å². The zero-order valence-electron chi connectivity index (χ0n) is 8.87. The van der Waals surface area contributed by atoms with Crippen molar-refractivity contribution in [3.63, 3.8) is 0 Å². The van der Waals surface area contributed by atoms with Crippen LogP contribution in [0.4, 0.5) is 0 Å². The molecule has 0 atom stereocenters. The highest BCUT2D eigenvalue weighted by Gasteiger charge is 2.01. The fourth-order valence-corrected chi connectivity index (χ4v) is 1.52. The van der Waals surface area contributed by atoms with Crippen LogP contribution in [0.25, 0.3) is 6.08 Å². The summed E-state index contributed by atoms with van der Waals surface area (Å²) < 4.78 is 4.78. The molecule has 0 aliphatic carbocycles. The fraction of sp³-hybridized carbons (Fsp3) is 0.250. The van der Waals surface area contributed by atoms with Crippen LogP contribution in [0.15, 0.2) is 24.3 Å². The standard InChI is InChI=1S/C12H12Cl2O2/c1-2-16-11(15)8-4-6-9-5-3-7-10(13)12(9)14/h3-7H,2,8H2,1H3. The summed E-state index contributed by atoms with van der Waals surface area (Å²) in [4.78, 5) is 11.1. The second-order valence-corrected chi connectivity index (χ2v) is 3.84. The summed E-state index contributed by atoms with van der Waals surface area (Å²) in [6, 6.07) is 5.35. The number of rotatable bonds is 4. The van der Waals surface area contributed by atoms with E-state index in [1.165, 1.54) is 0 Å². The number of hydrogen-bond donors (Lipinski definition) is 0. The van der Waals surface area contributed by atoms with E-state index in [4.69, 9.17) is 27.9 Å². The van der Waals surface area contributed by atoms with Gasteiger partial charge in [0.15, 0.2) is 0 Å². The summed E-state index contributed by atoms with van der Waals surface area (Å²) in [5.41, 5.74) is 0.790. The van der Waals surface area contributed by atoms with Crippen LogP contribution in [0.1, 0.15) is 18.9 Å². The molecule has 2 nitrogen and oxygen atoms in total. The maximum atomic E-state index is 11.1. The lowest BCUT2D eigenvalue weighted by Gasteiger charge is -2.00. The summed E-state index contributed by atoms with van der Waals surface area (Å²) in [7, 11) is 0. The Balaban J connectivity index is 2.63. The molecule has 0 radical (unpaired) electrons. The Morgan fingerprint density at radius 2 is 2.19 bits per heavy atom. The topological polar surface area (TPSA) is 26.3 Å². The highest BCUT2D eigenvalue weighted by molar-refractivity contribution is 6.42. The maximum absolute atomic E-state index is 11.1. The van der Waals surface area contributed by atoms with Gasteiger partial charge in [0, 0.05) is 0 Å². The number of benzene rings is 1. The van der Waals surface area contributed by atoms with Crippen LogP contribution in [0, 0.1) is 0 Å². The minimum Gasteiger partial charge on any atom is -0.466 e. The number of halogens is 2. The van der Waals surface area contributed by atoms with Crippen LogP contribution in [-0.4, -0.2) is 12.6 Å². The van der Waals surface area contributed by atoms with E-state index in [-0.39, 0.29) is 12.4 Å². The largest absolute Gasteiger partial charge is 0.466 e. The quantitative estimate of drug-likeness (QED) is 0.765. The van der Waals surface area contributed by atoms with Gasteiger partial charge in [0.05, 0.1) is 23.1 Å². The van der Waals surface area contributed by atoms with Crippen LogP contribution >= 0.6 is 23.2 Å². The third-order valence-electron chi connectivity index (χ3n) is 1.87.